The number of aromatic nitrogens is 2. The van der Waals surface area contributed by atoms with Gasteiger partial charge in [0.05, 0.1) is 33.4 Å². The Bertz CT molecular complexity index is 4360. The molecular weight excluding hydrogens is 813 g/mol. The Morgan fingerprint density at radius 1 is 0.254 bits per heavy atom. The molecule has 15 aromatic rings. The van der Waals surface area contributed by atoms with Gasteiger partial charge in [-0.05, 0) is 86.3 Å². The van der Waals surface area contributed by atoms with E-state index in [9.17, 15) is 0 Å². The zero-order valence-corrected chi connectivity index (χ0v) is 36.2. The molecule has 3 nitrogen and oxygen atoms in total. The summed E-state index contributed by atoms with van der Waals surface area (Å²) in [5.74, 6) is 0. The minimum Gasteiger partial charge on any atom is -0.456 e. The van der Waals surface area contributed by atoms with Gasteiger partial charge in [0.2, 0.25) is 0 Å². The summed E-state index contributed by atoms with van der Waals surface area (Å²) in [5.41, 5.74) is 13.7. The second kappa shape index (κ2) is 13.8. The van der Waals surface area contributed by atoms with Crippen LogP contribution in [0.4, 0.5) is 0 Å². The van der Waals surface area contributed by atoms with Crippen LogP contribution in [-0.2, 0) is 0 Å². The van der Waals surface area contributed by atoms with Gasteiger partial charge in [0.15, 0.2) is 0 Å². The van der Waals surface area contributed by atoms with Gasteiger partial charge in [-0.3, -0.25) is 0 Å². The van der Waals surface area contributed by atoms with Gasteiger partial charge in [0, 0.05) is 53.9 Å². The van der Waals surface area contributed by atoms with Crippen molar-refractivity contribution in [1.29, 1.82) is 0 Å². The first-order valence-electron chi connectivity index (χ1n) is 23.1. The Morgan fingerprint density at radius 3 is 1.03 bits per heavy atom. The molecule has 3 aromatic heterocycles. The number of rotatable bonds is 4. The van der Waals surface area contributed by atoms with Crippen LogP contribution < -0.4 is 0 Å². The summed E-state index contributed by atoms with van der Waals surface area (Å²) in [4.78, 5) is 0. The highest BCUT2D eigenvalue weighted by molar-refractivity contribution is 6.26. The summed E-state index contributed by atoms with van der Waals surface area (Å²) in [6.45, 7) is 0. The summed E-state index contributed by atoms with van der Waals surface area (Å²) in [7, 11) is 0. The number of benzene rings is 12. The molecule has 0 aliphatic carbocycles. The lowest BCUT2D eigenvalue weighted by molar-refractivity contribution is 0.669. The van der Waals surface area contributed by atoms with Gasteiger partial charge >= 0.3 is 0 Å². The van der Waals surface area contributed by atoms with Gasteiger partial charge in [-0.2, -0.15) is 0 Å². The van der Waals surface area contributed by atoms with E-state index in [2.05, 4.69) is 240 Å². The molecule has 310 valence electrons. The summed E-state index contributed by atoms with van der Waals surface area (Å²) >= 11 is 0. The molecule has 67 heavy (non-hydrogen) atoms. The third-order valence-electron chi connectivity index (χ3n) is 14.5. The SMILES string of the molecule is c1cc(-c2c3ccccc3c(-n3c4ccccc4c4ccccc43)c3ccccc23)c2c(c1)oc1cc(-c3c4ccccc4c(-n4c5ccccc5c5ccccc54)c4ccccc34)ccc12. The van der Waals surface area contributed by atoms with E-state index in [4.69, 9.17) is 4.42 Å². The smallest absolute Gasteiger partial charge is 0.136 e. The molecule has 0 saturated heterocycles. The van der Waals surface area contributed by atoms with Crippen molar-refractivity contribution in [3.63, 3.8) is 0 Å². The van der Waals surface area contributed by atoms with Crippen molar-refractivity contribution in [3.8, 4) is 33.6 Å². The van der Waals surface area contributed by atoms with Crippen LogP contribution in [0.1, 0.15) is 0 Å². The van der Waals surface area contributed by atoms with Crippen molar-refractivity contribution in [2.75, 3.05) is 0 Å². The fourth-order valence-electron chi connectivity index (χ4n) is 11.8. The predicted molar refractivity (Wildman–Crippen MR) is 283 cm³/mol. The minimum absolute atomic E-state index is 0.870. The average molecular weight is 851 g/mol. The molecule has 0 radical (unpaired) electrons. The fourth-order valence-corrected chi connectivity index (χ4v) is 11.8. The maximum absolute atomic E-state index is 6.97. The molecule has 15 rings (SSSR count). The molecule has 0 aliphatic rings. The number of fused-ring (bicyclic) bond motifs is 13. The van der Waals surface area contributed by atoms with E-state index in [1.807, 2.05) is 0 Å². The third-order valence-corrected chi connectivity index (χ3v) is 14.5. The number of para-hydroxylation sites is 4. The Balaban J connectivity index is 0.978. The first-order valence-corrected chi connectivity index (χ1v) is 23.1. The third kappa shape index (κ3) is 5.00. The quantitative estimate of drug-likeness (QED) is 0.162. The van der Waals surface area contributed by atoms with Crippen LogP contribution in [0.15, 0.2) is 235 Å². The highest BCUT2D eigenvalue weighted by atomic mass is 16.3. The van der Waals surface area contributed by atoms with E-state index in [-0.39, 0.29) is 0 Å². The highest BCUT2D eigenvalue weighted by Gasteiger charge is 2.24. The van der Waals surface area contributed by atoms with Gasteiger partial charge in [0.25, 0.3) is 0 Å². The lowest BCUT2D eigenvalue weighted by atomic mass is 9.88. The summed E-state index contributed by atoms with van der Waals surface area (Å²) < 4.78 is 11.9. The Labute approximate surface area is 384 Å². The molecule has 3 heteroatoms. The molecular formula is C64H38N2O. The number of hydrogen-bond acceptors (Lipinski definition) is 1. The molecule has 0 aliphatic heterocycles. The molecule has 0 spiro atoms. The lowest BCUT2D eigenvalue weighted by Crippen LogP contribution is -1.99. The van der Waals surface area contributed by atoms with Gasteiger partial charge < -0.3 is 13.6 Å². The molecule has 0 amide bonds. The Kier molecular flexibility index (Phi) is 7.50. The van der Waals surface area contributed by atoms with Crippen LogP contribution in [0.3, 0.4) is 0 Å². The molecule has 3 heterocycles. The fraction of sp³-hybridized carbons (Fsp3) is 0. The second-order valence-corrected chi connectivity index (χ2v) is 17.9. The standard InChI is InChI=1S/C64H38N2O/c1-5-26-48-44(22-1)60(45-23-2-6-27-49(45)63(48)65-54-31-13-9-18-40(54)41-19-10-14-32-55(41)65)39-36-37-52-59(38-39)67-58-35-17-30-53(62(52)58)61-46-24-3-7-28-50(46)64(51-29-8-4-25-47(51)61)66-56-33-15-11-20-42(56)43-21-12-16-34-57(43)66/h1-38H. The summed E-state index contributed by atoms with van der Waals surface area (Å²) in [6, 6.07) is 84.3. The normalized spacial score (nSPS) is 12.2. The summed E-state index contributed by atoms with van der Waals surface area (Å²) in [5, 5.41) is 16.9. The number of hydrogen-bond donors (Lipinski definition) is 0. The van der Waals surface area contributed by atoms with E-state index in [1.165, 1.54) is 109 Å². The molecule has 0 bridgehead atoms. The topological polar surface area (TPSA) is 23.0 Å². The van der Waals surface area contributed by atoms with Crippen LogP contribution in [0.5, 0.6) is 0 Å². The zero-order chi connectivity index (χ0) is 43.7. The maximum atomic E-state index is 6.97. The molecule has 0 unspecified atom stereocenters. The maximum Gasteiger partial charge on any atom is 0.136 e. The lowest BCUT2D eigenvalue weighted by Gasteiger charge is -2.20. The second-order valence-electron chi connectivity index (χ2n) is 17.9. The molecule has 0 saturated carbocycles. The van der Waals surface area contributed by atoms with E-state index in [0.29, 0.717) is 0 Å². The van der Waals surface area contributed by atoms with Crippen molar-refractivity contribution < 1.29 is 4.42 Å². The minimum atomic E-state index is 0.870. The van der Waals surface area contributed by atoms with Gasteiger partial charge in [-0.15, -0.1) is 0 Å². The van der Waals surface area contributed by atoms with Crippen LogP contribution >= 0.6 is 0 Å². The highest BCUT2D eigenvalue weighted by Crippen LogP contribution is 2.49. The predicted octanol–water partition coefficient (Wildman–Crippen LogP) is 17.7. The van der Waals surface area contributed by atoms with E-state index in [1.54, 1.807) is 0 Å². The Morgan fingerprint density at radius 2 is 0.612 bits per heavy atom. The summed E-state index contributed by atoms with van der Waals surface area (Å²) in [6.07, 6.45) is 0. The van der Waals surface area contributed by atoms with Crippen molar-refractivity contribution in [3.05, 3.63) is 231 Å². The van der Waals surface area contributed by atoms with Crippen molar-refractivity contribution in [1.82, 2.24) is 9.13 Å². The van der Waals surface area contributed by atoms with E-state index >= 15 is 0 Å². The van der Waals surface area contributed by atoms with Gasteiger partial charge in [0.1, 0.15) is 11.2 Å². The van der Waals surface area contributed by atoms with E-state index < -0.39 is 0 Å². The first-order chi connectivity index (χ1) is 33.3. The Hall–Kier alpha value is -8.92. The van der Waals surface area contributed by atoms with Crippen LogP contribution in [0.25, 0.3) is 142 Å². The van der Waals surface area contributed by atoms with Crippen molar-refractivity contribution in [2.45, 2.75) is 0 Å². The average Bonchev–Trinajstić information content (AvgIpc) is 4.05. The van der Waals surface area contributed by atoms with Crippen LogP contribution in [0.2, 0.25) is 0 Å². The molecule has 12 aromatic carbocycles. The number of nitrogens with zero attached hydrogens (tertiary/aromatic N) is 2. The number of furan rings is 1. The van der Waals surface area contributed by atoms with Crippen LogP contribution in [-0.4, -0.2) is 9.13 Å². The van der Waals surface area contributed by atoms with Crippen molar-refractivity contribution in [2.24, 2.45) is 0 Å². The zero-order valence-electron chi connectivity index (χ0n) is 36.2. The molecule has 0 fully saturated rings. The largest absolute Gasteiger partial charge is 0.456 e. The molecule has 0 N–H and O–H groups in total. The van der Waals surface area contributed by atoms with Gasteiger partial charge in [-0.25, -0.2) is 0 Å². The van der Waals surface area contributed by atoms with Gasteiger partial charge in [-0.1, -0.05) is 188 Å². The first kappa shape index (κ1) is 36.4. The van der Waals surface area contributed by atoms with Crippen molar-refractivity contribution >= 4 is 109 Å². The van der Waals surface area contributed by atoms with Crippen LogP contribution in [0, 0.1) is 0 Å². The van der Waals surface area contributed by atoms with E-state index in [0.717, 1.165) is 33.1 Å². The molecule has 0 atom stereocenters. The monoisotopic (exact) mass is 850 g/mol.